The number of carbonyl (C=O) groups is 2. The Morgan fingerprint density at radius 1 is 1.32 bits per heavy atom. The first kappa shape index (κ1) is 15.2. The number of ether oxygens (including phenoxy) is 1. The van der Waals surface area contributed by atoms with Crippen LogP contribution in [0.1, 0.15) is 30.6 Å². The Bertz CT molecular complexity index is 458. The SMILES string of the molecule is COC(=O)c1ccccc1NC(=O)C(N)CC(C)C. The van der Waals surface area contributed by atoms with Gasteiger partial charge in [-0.3, -0.25) is 4.79 Å². The number of hydrogen-bond acceptors (Lipinski definition) is 4. The van der Waals surface area contributed by atoms with E-state index in [4.69, 9.17) is 5.73 Å². The first-order valence-electron chi connectivity index (χ1n) is 6.19. The van der Waals surface area contributed by atoms with Gasteiger partial charge in [0.15, 0.2) is 0 Å². The number of hydrogen-bond donors (Lipinski definition) is 2. The lowest BCUT2D eigenvalue weighted by molar-refractivity contribution is -0.117. The Balaban J connectivity index is 2.82. The first-order chi connectivity index (χ1) is 8.95. The molecule has 0 aliphatic rings. The van der Waals surface area contributed by atoms with Gasteiger partial charge >= 0.3 is 5.97 Å². The van der Waals surface area contributed by atoms with E-state index < -0.39 is 12.0 Å². The quantitative estimate of drug-likeness (QED) is 0.794. The molecule has 0 spiro atoms. The van der Waals surface area contributed by atoms with Crippen molar-refractivity contribution in [3.63, 3.8) is 0 Å². The molecule has 1 aromatic carbocycles. The minimum Gasteiger partial charge on any atom is -0.465 e. The number of esters is 1. The van der Waals surface area contributed by atoms with Crippen LogP contribution in [0, 0.1) is 5.92 Å². The van der Waals surface area contributed by atoms with Crippen LogP contribution < -0.4 is 11.1 Å². The van der Waals surface area contributed by atoms with Gasteiger partial charge in [0.2, 0.25) is 5.91 Å². The van der Waals surface area contributed by atoms with Crippen molar-refractivity contribution in [3.8, 4) is 0 Å². The Morgan fingerprint density at radius 3 is 2.53 bits per heavy atom. The van der Waals surface area contributed by atoms with Crippen molar-refractivity contribution in [1.29, 1.82) is 0 Å². The van der Waals surface area contributed by atoms with E-state index in [1.54, 1.807) is 24.3 Å². The molecule has 0 heterocycles. The van der Waals surface area contributed by atoms with E-state index in [0.29, 0.717) is 23.6 Å². The molecule has 1 aromatic rings. The van der Waals surface area contributed by atoms with Crippen LogP contribution >= 0.6 is 0 Å². The second kappa shape index (κ2) is 6.89. The van der Waals surface area contributed by atoms with Crippen molar-refractivity contribution >= 4 is 17.6 Å². The zero-order chi connectivity index (χ0) is 14.4. The molecule has 1 amide bonds. The van der Waals surface area contributed by atoms with Crippen molar-refractivity contribution in [2.75, 3.05) is 12.4 Å². The highest BCUT2D eigenvalue weighted by atomic mass is 16.5. The molecule has 1 atom stereocenters. The number of nitrogens with one attached hydrogen (secondary N) is 1. The van der Waals surface area contributed by atoms with Crippen LogP contribution in [0.15, 0.2) is 24.3 Å². The maximum Gasteiger partial charge on any atom is 0.339 e. The van der Waals surface area contributed by atoms with Gasteiger partial charge in [-0.05, 0) is 24.5 Å². The van der Waals surface area contributed by atoms with Crippen molar-refractivity contribution in [3.05, 3.63) is 29.8 Å². The molecule has 104 valence electrons. The van der Waals surface area contributed by atoms with Gasteiger partial charge in [-0.25, -0.2) is 4.79 Å². The molecular formula is C14H20N2O3. The van der Waals surface area contributed by atoms with E-state index >= 15 is 0 Å². The monoisotopic (exact) mass is 264 g/mol. The molecule has 0 bridgehead atoms. The third-order valence-electron chi connectivity index (χ3n) is 2.65. The molecule has 1 unspecified atom stereocenters. The van der Waals surface area contributed by atoms with Crippen LogP contribution in [-0.2, 0) is 9.53 Å². The zero-order valence-electron chi connectivity index (χ0n) is 11.5. The fourth-order valence-corrected chi connectivity index (χ4v) is 1.72. The summed E-state index contributed by atoms with van der Waals surface area (Å²) in [7, 11) is 1.30. The fraction of sp³-hybridized carbons (Fsp3) is 0.429. The maximum absolute atomic E-state index is 11.9. The lowest BCUT2D eigenvalue weighted by Gasteiger charge is -2.15. The topological polar surface area (TPSA) is 81.4 Å². The predicted molar refractivity (Wildman–Crippen MR) is 73.8 cm³/mol. The average molecular weight is 264 g/mol. The molecular weight excluding hydrogens is 244 g/mol. The van der Waals surface area contributed by atoms with Crippen LogP contribution in [0.3, 0.4) is 0 Å². The average Bonchev–Trinajstić information content (AvgIpc) is 2.37. The number of carbonyl (C=O) groups excluding carboxylic acids is 2. The van der Waals surface area contributed by atoms with Crippen molar-refractivity contribution in [2.24, 2.45) is 11.7 Å². The van der Waals surface area contributed by atoms with Crippen LogP contribution in [0.2, 0.25) is 0 Å². The summed E-state index contributed by atoms with van der Waals surface area (Å²) < 4.78 is 4.66. The normalized spacial score (nSPS) is 12.1. The summed E-state index contributed by atoms with van der Waals surface area (Å²) >= 11 is 0. The van der Waals surface area contributed by atoms with Crippen LogP contribution in [0.4, 0.5) is 5.69 Å². The highest BCUT2D eigenvalue weighted by molar-refractivity contribution is 6.02. The van der Waals surface area contributed by atoms with Crippen molar-refractivity contribution in [1.82, 2.24) is 0 Å². The van der Waals surface area contributed by atoms with Gasteiger partial charge in [0.05, 0.1) is 24.4 Å². The Labute approximate surface area is 113 Å². The number of para-hydroxylation sites is 1. The van der Waals surface area contributed by atoms with Gasteiger partial charge < -0.3 is 15.8 Å². The van der Waals surface area contributed by atoms with E-state index in [9.17, 15) is 9.59 Å². The summed E-state index contributed by atoms with van der Waals surface area (Å²) in [6, 6.07) is 6.08. The predicted octanol–water partition coefficient (Wildman–Crippen LogP) is 1.79. The van der Waals surface area contributed by atoms with E-state index in [0.717, 1.165) is 0 Å². The summed E-state index contributed by atoms with van der Waals surface area (Å²) in [5.41, 5.74) is 6.53. The number of nitrogens with two attached hydrogens (primary N) is 1. The molecule has 19 heavy (non-hydrogen) atoms. The van der Waals surface area contributed by atoms with Gasteiger partial charge in [-0.2, -0.15) is 0 Å². The fourth-order valence-electron chi connectivity index (χ4n) is 1.72. The minimum atomic E-state index is -0.592. The van der Waals surface area contributed by atoms with E-state index in [-0.39, 0.29) is 5.91 Å². The summed E-state index contributed by atoms with van der Waals surface area (Å²) in [5.74, 6) is -0.463. The van der Waals surface area contributed by atoms with E-state index in [1.165, 1.54) is 7.11 Å². The van der Waals surface area contributed by atoms with Crippen LogP contribution in [0.25, 0.3) is 0 Å². The summed E-state index contributed by atoms with van der Waals surface area (Å²) in [4.78, 5) is 23.5. The van der Waals surface area contributed by atoms with E-state index in [2.05, 4.69) is 10.1 Å². The zero-order valence-corrected chi connectivity index (χ0v) is 11.5. The molecule has 0 aliphatic heterocycles. The lowest BCUT2D eigenvalue weighted by atomic mass is 10.0. The number of rotatable bonds is 5. The first-order valence-corrected chi connectivity index (χ1v) is 6.19. The van der Waals surface area contributed by atoms with E-state index in [1.807, 2.05) is 13.8 Å². The number of anilines is 1. The summed E-state index contributed by atoms with van der Waals surface area (Å²) in [6.45, 7) is 3.99. The molecule has 5 heteroatoms. The van der Waals surface area contributed by atoms with Crippen molar-refractivity contribution in [2.45, 2.75) is 26.3 Å². The summed E-state index contributed by atoms with van der Waals surface area (Å²) in [5, 5.41) is 2.67. The number of benzene rings is 1. The number of amides is 1. The largest absolute Gasteiger partial charge is 0.465 e. The van der Waals surface area contributed by atoms with Gasteiger partial charge in [0.1, 0.15) is 0 Å². The Kier molecular flexibility index (Phi) is 5.51. The third kappa shape index (κ3) is 4.37. The maximum atomic E-state index is 11.9. The molecule has 0 aliphatic carbocycles. The molecule has 0 saturated carbocycles. The van der Waals surface area contributed by atoms with Gasteiger partial charge in [0.25, 0.3) is 0 Å². The summed E-state index contributed by atoms with van der Waals surface area (Å²) in [6.07, 6.45) is 0.590. The minimum absolute atomic E-state index is 0.301. The van der Waals surface area contributed by atoms with Gasteiger partial charge in [-0.1, -0.05) is 26.0 Å². The molecule has 3 N–H and O–H groups in total. The Morgan fingerprint density at radius 2 is 1.95 bits per heavy atom. The Hall–Kier alpha value is -1.88. The molecule has 0 aromatic heterocycles. The molecule has 0 fully saturated rings. The highest BCUT2D eigenvalue weighted by Gasteiger charge is 2.18. The second-order valence-electron chi connectivity index (χ2n) is 4.76. The smallest absolute Gasteiger partial charge is 0.339 e. The molecule has 1 rings (SSSR count). The number of methoxy groups -OCH3 is 1. The molecule has 5 nitrogen and oxygen atoms in total. The highest BCUT2D eigenvalue weighted by Crippen LogP contribution is 2.16. The third-order valence-corrected chi connectivity index (χ3v) is 2.65. The standard InChI is InChI=1S/C14H20N2O3/c1-9(2)8-11(15)13(17)16-12-7-5-4-6-10(12)14(18)19-3/h4-7,9,11H,8,15H2,1-3H3,(H,16,17). The second-order valence-corrected chi connectivity index (χ2v) is 4.76. The van der Waals surface area contributed by atoms with Crippen molar-refractivity contribution < 1.29 is 14.3 Å². The lowest BCUT2D eigenvalue weighted by Crippen LogP contribution is -2.37. The van der Waals surface area contributed by atoms with Gasteiger partial charge in [-0.15, -0.1) is 0 Å². The van der Waals surface area contributed by atoms with Gasteiger partial charge in [0, 0.05) is 0 Å². The molecule has 0 radical (unpaired) electrons. The van der Waals surface area contributed by atoms with Crippen LogP contribution in [-0.4, -0.2) is 25.0 Å². The molecule has 0 saturated heterocycles. The van der Waals surface area contributed by atoms with Crippen LogP contribution in [0.5, 0.6) is 0 Å².